The van der Waals surface area contributed by atoms with Crippen LogP contribution in [-0.2, 0) is 21.9 Å². The van der Waals surface area contributed by atoms with Crippen LogP contribution in [0.1, 0.15) is 25.7 Å². The molecule has 0 aliphatic carbocycles. The van der Waals surface area contributed by atoms with E-state index in [9.17, 15) is 9.59 Å². The Balaban J connectivity index is 0.00000144. The zero-order chi connectivity index (χ0) is 11.5. The largest absolute Gasteiger partial charge is 0.481 e. The number of fused-ring (bicyclic) bond motifs is 1. The van der Waals surface area contributed by atoms with Gasteiger partial charge in [-0.25, -0.2) is 4.79 Å². The van der Waals surface area contributed by atoms with Crippen molar-refractivity contribution in [3.63, 3.8) is 0 Å². The SMILES string of the molecule is O=C(O)CCCC[C@@H]1SC[C@@H]2NC(=O)N[C@@H]21.[Mn]. The molecular weight excluding hydrogens is 283 g/mol. The normalized spacial score (nSPS) is 30.1. The molecule has 2 aliphatic rings. The zero-order valence-electron chi connectivity index (χ0n) is 9.32. The summed E-state index contributed by atoms with van der Waals surface area (Å²) >= 11 is 1.87. The van der Waals surface area contributed by atoms with E-state index >= 15 is 0 Å². The molecule has 5 nitrogen and oxygen atoms in total. The van der Waals surface area contributed by atoms with Gasteiger partial charge >= 0.3 is 12.0 Å². The number of nitrogens with one attached hydrogen (secondary N) is 2. The number of rotatable bonds is 5. The fourth-order valence-electron chi connectivity index (χ4n) is 2.26. The van der Waals surface area contributed by atoms with Gasteiger partial charge < -0.3 is 15.7 Å². The van der Waals surface area contributed by atoms with Gasteiger partial charge in [0.25, 0.3) is 0 Å². The zero-order valence-corrected chi connectivity index (χ0v) is 11.3. The summed E-state index contributed by atoms with van der Waals surface area (Å²) in [7, 11) is 0. The first-order chi connectivity index (χ1) is 7.66. The number of hydrogen-bond donors (Lipinski definition) is 3. The third-order valence-corrected chi connectivity index (χ3v) is 4.58. The predicted molar refractivity (Wildman–Crippen MR) is 61.6 cm³/mol. The van der Waals surface area contributed by atoms with Crippen molar-refractivity contribution in [1.29, 1.82) is 0 Å². The second-order valence-electron chi connectivity index (χ2n) is 4.26. The molecule has 2 aliphatic heterocycles. The van der Waals surface area contributed by atoms with E-state index in [4.69, 9.17) is 5.11 Å². The summed E-state index contributed by atoms with van der Waals surface area (Å²) in [4.78, 5) is 21.5. The van der Waals surface area contributed by atoms with Crippen molar-refractivity contribution < 1.29 is 31.8 Å². The maximum atomic E-state index is 11.1. The van der Waals surface area contributed by atoms with E-state index in [1.54, 1.807) is 0 Å². The molecule has 0 bridgehead atoms. The maximum Gasteiger partial charge on any atom is 0.315 e. The molecule has 3 N–H and O–H groups in total. The van der Waals surface area contributed by atoms with Crippen LogP contribution in [-0.4, -0.2) is 40.2 Å². The molecule has 0 saturated carbocycles. The summed E-state index contributed by atoms with van der Waals surface area (Å²) in [5.74, 6) is 0.236. The van der Waals surface area contributed by atoms with E-state index in [1.165, 1.54) is 0 Å². The van der Waals surface area contributed by atoms with Crippen molar-refractivity contribution in [2.24, 2.45) is 0 Å². The van der Waals surface area contributed by atoms with Crippen molar-refractivity contribution in [3.05, 3.63) is 0 Å². The van der Waals surface area contributed by atoms with Crippen molar-refractivity contribution in [2.45, 2.75) is 43.0 Å². The Morgan fingerprint density at radius 3 is 2.88 bits per heavy atom. The molecule has 17 heavy (non-hydrogen) atoms. The molecule has 2 rings (SSSR count). The number of carboxylic acid groups (broad SMARTS) is 1. The van der Waals surface area contributed by atoms with Crippen LogP contribution in [0.3, 0.4) is 0 Å². The van der Waals surface area contributed by atoms with Crippen LogP contribution in [0, 0.1) is 0 Å². The van der Waals surface area contributed by atoms with Crippen LogP contribution in [0.15, 0.2) is 0 Å². The fourth-order valence-corrected chi connectivity index (χ4v) is 3.81. The second-order valence-corrected chi connectivity index (χ2v) is 5.53. The van der Waals surface area contributed by atoms with Crippen LogP contribution < -0.4 is 10.6 Å². The Hall–Kier alpha value is -0.391. The van der Waals surface area contributed by atoms with Gasteiger partial charge in [0, 0.05) is 34.5 Å². The number of carbonyl (C=O) groups is 2. The predicted octanol–water partition coefficient (Wildman–Crippen LogP) is 0.794. The number of hydrogen-bond acceptors (Lipinski definition) is 3. The third kappa shape index (κ3) is 3.79. The first-order valence-corrected chi connectivity index (χ1v) is 6.62. The topological polar surface area (TPSA) is 78.4 Å². The molecular formula is C10H16MnN2O3S. The summed E-state index contributed by atoms with van der Waals surface area (Å²) in [6.45, 7) is 0. The van der Waals surface area contributed by atoms with Crippen LogP contribution in [0.4, 0.5) is 4.79 Å². The Labute approximate surface area is 115 Å². The average molecular weight is 299 g/mol. The summed E-state index contributed by atoms with van der Waals surface area (Å²) in [5, 5.41) is 14.8. The standard InChI is InChI=1S/C10H16N2O3S.Mn/c13-8(14)4-2-1-3-7-9-6(5-16-7)11-10(15)12-9;/h6-7,9H,1-5H2,(H,13,14)(H2,11,12,15);/t6-,7-,9-;/m0./s1. The minimum Gasteiger partial charge on any atom is -0.481 e. The summed E-state index contributed by atoms with van der Waals surface area (Å²) in [6.07, 6.45) is 2.88. The smallest absolute Gasteiger partial charge is 0.315 e. The van der Waals surface area contributed by atoms with E-state index < -0.39 is 5.97 Å². The second kappa shape index (κ2) is 6.52. The summed E-state index contributed by atoms with van der Waals surface area (Å²) in [5.41, 5.74) is 0. The van der Waals surface area contributed by atoms with Gasteiger partial charge in [0.1, 0.15) is 0 Å². The monoisotopic (exact) mass is 299 g/mol. The fraction of sp³-hybridized carbons (Fsp3) is 0.800. The van der Waals surface area contributed by atoms with Crippen LogP contribution in [0.5, 0.6) is 0 Å². The van der Waals surface area contributed by atoms with Crippen LogP contribution in [0.25, 0.3) is 0 Å². The third-order valence-electron chi connectivity index (χ3n) is 3.07. The van der Waals surface area contributed by atoms with Gasteiger partial charge in [0.05, 0.1) is 12.1 Å². The maximum absolute atomic E-state index is 11.1. The minimum absolute atomic E-state index is 0. The molecule has 0 aromatic rings. The van der Waals surface area contributed by atoms with E-state index in [0.29, 0.717) is 5.25 Å². The van der Waals surface area contributed by atoms with Gasteiger partial charge in [-0.05, 0) is 12.8 Å². The number of amides is 2. The molecule has 0 unspecified atom stereocenters. The molecule has 2 amide bonds. The Kier molecular flexibility index (Phi) is 5.62. The number of carboxylic acids is 1. The van der Waals surface area contributed by atoms with E-state index in [2.05, 4.69) is 10.6 Å². The van der Waals surface area contributed by atoms with Crippen molar-refractivity contribution >= 4 is 23.8 Å². The number of urea groups is 1. The van der Waals surface area contributed by atoms with E-state index in [-0.39, 0.29) is 41.6 Å². The molecule has 3 atom stereocenters. The summed E-state index contributed by atoms with van der Waals surface area (Å²) < 4.78 is 0. The van der Waals surface area contributed by atoms with Gasteiger partial charge in [-0.2, -0.15) is 11.8 Å². The quantitative estimate of drug-likeness (QED) is 0.398. The van der Waals surface area contributed by atoms with E-state index in [1.807, 2.05) is 11.8 Å². The van der Waals surface area contributed by atoms with Crippen molar-refractivity contribution in [3.8, 4) is 0 Å². The van der Waals surface area contributed by atoms with Crippen LogP contribution >= 0.6 is 11.8 Å². The van der Waals surface area contributed by atoms with Crippen molar-refractivity contribution in [1.82, 2.24) is 10.6 Å². The molecule has 0 spiro atoms. The van der Waals surface area contributed by atoms with Gasteiger partial charge in [-0.3, -0.25) is 4.79 Å². The number of aliphatic carboxylic acids is 1. The minimum atomic E-state index is -0.729. The van der Waals surface area contributed by atoms with Gasteiger partial charge in [0.15, 0.2) is 0 Å². The van der Waals surface area contributed by atoms with Crippen molar-refractivity contribution in [2.75, 3.05) is 5.75 Å². The Morgan fingerprint density at radius 2 is 2.18 bits per heavy atom. The first kappa shape index (κ1) is 14.7. The van der Waals surface area contributed by atoms with Gasteiger partial charge in [-0.15, -0.1) is 0 Å². The van der Waals surface area contributed by atoms with Gasteiger partial charge in [0.2, 0.25) is 0 Å². The molecule has 97 valence electrons. The molecule has 7 heteroatoms. The molecule has 1 radical (unpaired) electrons. The van der Waals surface area contributed by atoms with E-state index in [0.717, 1.165) is 25.0 Å². The Morgan fingerprint density at radius 1 is 1.41 bits per heavy atom. The number of thioether (sulfide) groups is 1. The first-order valence-electron chi connectivity index (χ1n) is 5.57. The molecule has 2 fully saturated rings. The van der Waals surface area contributed by atoms with Gasteiger partial charge in [-0.1, -0.05) is 6.42 Å². The molecule has 2 heterocycles. The number of unbranched alkanes of at least 4 members (excludes halogenated alkanes) is 1. The average Bonchev–Trinajstić information content (AvgIpc) is 2.72. The molecule has 2 saturated heterocycles. The molecule has 0 aromatic carbocycles. The number of carbonyl (C=O) groups excluding carboxylic acids is 1. The summed E-state index contributed by atoms with van der Waals surface area (Å²) in [6, 6.07) is 0.440. The Bertz CT molecular complexity index is 303. The van der Waals surface area contributed by atoms with Crippen LogP contribution in [0.2, 0.25) is 0 Å². The molecule has 0 aromatic heterocycles.